The van der Waals surface area contributed by atoms with E-state index in [1.807, 2.05) is 30.3 Å². The van der Waals surface area contributed by atoms with Gasteiger partial charge in [-0.1, -0.05) is 12.1 Å². The van der Waals surface area contributed by atoms with Crippen LogP contribution in [0.4, 0.5) is 15.9 Å². The van der Waals surface area contributed by atoms with Crippen LogP contribution in [0.1, 0.15) is 32.6 Å². The van der Waals surface area contributed by atoms with Crippen molar-refractivity contribution in [2.75, 3.05) is 11.4 Å². The number of fused-ring (bicyclic) bond motifs is 1. The van der Waals surface area contributed by atoms with Crippen molar-refractivity contribution in [3.8, 4) is 6.07 Å². The van der Waals surface area contributed by atoms with E-state index in [2.05, 4.69) is 9.88 Å². The van der Waals surface area contributed by atoms with Gasteiger partial charge in [-0.2, -0.15) is 5.26 Å². The first kappa shape index (κ1) is 17.7. The van der Waals surface area contributed by atoms with Gasteiger partial charge in [0.25, 0.3) is 0 Å². The summed E-state index contributed by atoms with van der Waals surface area (Å²) in [4.78, 5) is 18.2. The lowest BCUT2D eigenvalue weighted by Gasteiger charge is -2.19. The minimum absolute atomic E-state index is 0.0410. The first-order valence-corrected chi connectivity index (χ1v) is 8.89. The average molecular weight is 372 g/mol. The van der Waals surface area contributed by atoms with Crippen LogP contribution in [-0.2, 0) is 12.8 Å². The number of benzene rings is 2. The fourth-order valence-corrected chi connectivity index (χ4v) is 3.63. The molecule has 2 heterocycles. The highest BCUT2D eigenvalue weighted by Gasteiger charge is 2.25. The summed E-state index contributed by atoms with van der Waals surface area (Å²) in [7, 11) is 0. The zero-order chi connectivity index (χ0) is 19.7. The molecule has 0 atom stereocenters. The molecule has 4 rings (SSSR count). The minimum Gasteiger partial charge on any atom is -0.366 e. The third-order valence-electron chi connectivity index (χ3n) is 4.94. The van der Waals surface area contributed by atoms with Gasteiger partial charge in [0.2, 0.25) is 5.91 Å². The van der Waals surface area contributed by atoms with Crippen molar-refractivity contribution in [1.29, 1.82) is 5.26 Å². The van der Waals surface area contributed by atoms with Gasteiger partial charge in [-0.25, -0.2) is 9.37 Å². The fraction of sp³-hybridized carbons (Fsp3) is 0.136. The zero-order valence-corrected chi connectivity index (χ0v) is 15.0. The fourth-order valence-electron chi connectivity index (χ4n) is 3.63. The Balaban J connectivity index is 1.64. The van der Waals surface area contributed by atoms with Gasteiger partial charge >= 0.3 is 0 Å². The first-order valence-electron chi connectivity index (χ1n) is 8.89. The Kier molecular flexibility index (Phi) is 4.50. The average Bonchev–Trinajstić information content (AvgIpc) is 3.13. The molecule has 28 heavy (non-hydrogen) atoms. The van der Waals surface area contributed by atoms with Crippen LogP contribution in [0.5, 0.6) is 0 Å². The Morgan fingerprint density at radius 2 is 2.04 bits per heavy atom. The van der Waals surface area contributed by atoms with Crippen molar-refractivity contribution in [2.45, 2.75) is 12.8 Å². The highest BCUT2D eigenvalue weighted by Crippen LogP contribution is 2.35. The molecule has 0 saturated carbocycles. The predicted molar refractivity (Wildman–Crippen MR) is 104 cm³/mol. The van der Waals surface area contributed by atoms with E-state index in [1.165, 1.54) is 6.07 Å². The number of aromatic nitrogens is 1. The maximum absolute atomic E-state index is 13.5. The molecule has 0 saturated heterocycles. The second-order valence-electron chi connectivity index (χ2n) is 6.69. The molecule has 1 aliphatic rings. The van der Waals surface area contributed by atoms with Gasteiger partial charge in [-0.15, -0.1) is 0 Å². The Labute approximate surface area is 161 Å². The lowest BCUT2D eigenvalue weighted by Crippen LogP contribution is -2.15. The largest absolute Gasteiger partial charge is 0.366 e. The number of rotatable bonds is 4. The summed E-state index contributed by atoms with van der Waals surface area (Å²) in [5.41, 5.74) is 9.82. The number of amides is 1. The number of hydrogen-bond acceptors (Lipinski definition) is 4. The molecule has 0 unspecified atom stereocenters. The first-order chi connectivity index (χ1) is 13.6. The van der Waals surface area contributed by atoms with Crippen LogP contribution in [0.3, 0.4) is 0 Å². The zero-order valence-electron chi connectivity index (χ0n) is 15.0. The molecular weight excluding hydrogens is 355 g/mol. The number of primary amides is 1. The van der Waals surface area contributed by atoms with Crippen molar-refractivity contribution in [1.82, 2.24) is 4.98 Å². The Hall–Kier alpha value is -3.72. The maximum atomic E-state index is 13.5. The van der Waals surface area contributed by atoms with Crippen molar-refractivity contribution in [3.05, 3.63) is 88.4 Å². The number of nitrogens with zero attached hydrogens (tertiary/aromatic N) is 3. The van der Waals surface area contributed by atoms with Gasteiger partial charge in [-0.3, -0.25) is 4.79 Å². The van der Waals surface area contributed by atoms with Crippen LogP contribution >= 0.6 is 0 Å². The summed E-state index contributed by atoms with van der Waals surface area (Å²) in [6.45, 7) is 0.714. The lowest BCUT2D eigenvalue weighted by atomic mass is 10.0. The van der Waals surface area contributed by atoms with Crippen molar-refractivity contribution >= 4 is 17.4 Å². The Morgan fingerprint density at radius 3 is 2.82 bits per heavy atom. The molecule has 0 aliphatic carbocycles. The summed E-state index contributed by atoms with van der Waals surface area (Å²) in [6.07, 6.45) is 3.02. The molecule has 3 aromatic rings. The van der Waals surface area contributed by atoms with Gasteiger partial charge < -0.3 is 10.6 Å². The molecule has 2 N–H and O–H groups in total. The molecule has 0 radical (unpaired) electrons. The number of nitrogens with two attached hydrogens (primary N) is 1. The third-order valence-corrected chi connectivity index (χ3v) is 4.94. The highest BCUT2D eigenvalue weighted by atomic mass is 19.1. The minimum atomic E-state index is -0.513. The van der Waals surface area contributed by atoms with Gasteiger partial charge in [0.15, 0.2) is 0 Å². The molecular formula is C22H17FN4O. The highest BCUT2D eigenvalue weighted by molar-refractivity contribution is 5.96. The van der Waals surface area contributed by atoms with Gasteiger partial charge in [0.05, 0.1) is 5.56 Å². The van der Waals surface area contributed by atoms with Crippen LogP contribution in [0.15, 0.2) is 54.7 Å². The number of anilines is 2. The van der Waals surface area contributed by atoms with E-state index < -0.39 is 11.7 Å². The topological polar surface area (TPSA) is 83.0 Å². The number of pyridine rings is 1. The molecule has 1 amide bonds. The van der Waals surface area contributed by atoms with Crippen LogP contribution in [-0.4, -0.2) is 17.4 Å². The summed E-state index contributed by atoms with van der Waals surface area (Å²) in [5.74, 6) is -0.161. The smallest absolute Gasteiger partial charge is 0.249 e. The van der Waals surface area contributed by atoms with E-state index >= 15 is 0 Å². The molecule has 6 heteroatoms. The molecule has 0 bridgehead atoms. The van der Waals surface area contributed by atoms with E-state index in [0.29, 0.717) is 18.5 Å². The van der Waals surface area contributed by atoms with Crippen LogP contribution in [0.2, 0.25) is 0 Å². The monoisotopic (exact) mass is 372 g/mol. The summed E-state index contributed by atoms with van der Waals surface area (Å²) >= 11 is 0. The molecule has 1 aliphatic heterocycles. The molecule has 0 fully saturated rings. The molecule has 2 aromatic carbocycles. The second kappa shape index (κ2) is 7.12. The summed E-state index contributed by atoms with van der Waals surface area (Å²) in [6, 6.07) is 15.8. The van der Waals surface area contributed by atoms with Gasteiger partial charge in [-0.05, 0) is 65.9 Å². The van der Waals surface area contributed by atoms with E-state index in [9.17, 15) is 9.18 Å². The standard InChI is InChI=1S/C22H17FN4O/c23-19-5-4-14(11-16(19)13-24)10-15-6-8-26-21(12-15)27-9-7-17-18(22(25)28)2-1-3-20(17)27/h1-6,8,11-12H,7,9-10H2,(H2,25,28). The summed E-state index contributed by atoms with van der Waals surface area (Å²) < 4.78 is 13.5. The van der Waals surface area contributed by atoms with Crippen molar-refractivity contribution in [2.24, 2.45) is 5.73 Å². The quantitative estimate of drug-likeness (QED) is 0.760. The maximum Gasteiger partial charge on any atom is 0.249 e. The van der Waals surface area contributed by atoms with E-state index in [4.69, 9.17) is 11.0 Å². The van der Waals surface area contributed by atoms with Gasteiger partial charge in [0, 0.05) is 24.0 Å². The van der Waals surface area contributed by atoms with Crippen LogP contribution in [0, 0.1) is 17.1 Å². The van der Waals surface area contributed by atoms with E-state index in [1.54, 1.807) is 24.4 Å². The summed E-state index contributed by atoms with van der Waals surface area (Å²) in [5, 5.41) is 9.01. The van der Waals surface area contributed by atoms with E-state index in [0.717, 1.165) is 34.6 Å². The number of hydrogen-bond donors (Lipinski definition) is 1. The van der Waals surface area contributed by atoms with Crippen molar-refractivity contribution < 1.29 is 9.18 Å². The lowest BCUT2D eigenvalue weighted by molar-refractivity contribution is 0.0999. The normalized spacial score (nSPS) is 12.5. The molecule has 138 valence electrons. The van der Waals surface area contributed by atoms with Crippen molar-refractivity contribution in [3.63, 3.8) is 0 Å². The van der Waals surface area contributed by atoms with Gasteiger partial charge in [0.1, 0.15) is 17.7 Å². The third kappa shape index (κ3) is 3.19. The Bertz CT molecular complexity index is 1120. The number of carbonyl (C=O) groups is 1. The van der Waals surface area contributed by atoms with Crippen LogP contribution in [0.25, 0.3) is 0 Å². The number of halogens is 1. The Morgan fingerprint density at radius 1 is 1.21 bits per heavy atom. The number of nitriles is 1. The molecule has 0 spiro atoms. The van der Waals surface area contributed by atoms with E-state index in [-0.39, 0.29) is 5.56 Å². The SMILES string of the molecule is N#Cc1cc(Cc2ccnc(N3CCc4c(C(N)=O)cccc43)c2)ccc1F. The predicted octanol–water partition coefficient (Wildman–Crippen LogP) is 3.48. The second-order valence-corrected chi connectivity index (χ2v) is 6.69. The number of carbonyl (C=O) groups excluding carboxylic acids is 1. The molecule has 5 nitrogen and oxygen atoms in total. The van der Waals surface area contributed by atoms with Crippen LogP contribution < -0.4 is 10.6 Å². The molecule has 1 aromatic heterocycles.